The summed E-state index contributed by atoms with van der Waals surface area (Å²) in [6.07, 6.45) is 0. The molecule has 0 unspecified atom stereocenters. The molecule has 0 saturated heterocycles. The van der Waals surface area contributed by atoms with Gasteiger partial charge in [0, 0.05) is 49.7 Å². The molecule has 0 amide bonds. The Morgan fingerprint density at radius 3 is 1.58 bits per heavy atom. The van der Waals surface area contributed by atoms with E-state index in [-0.39, 0.29) is 0 Å². The smallest absolute Gasteiger partial charge is 0.143 e. The van der Waals surface area contributed by atoms with Crippen molar-refractivity contribution >= 4 is 71.6 Å². The minimum atomic E-state index is 0.899. The molecule has 0 radical (unpaired) electrons. The van der Waals surface area contributed by atoms with Crippen molar-refractivity contribution in [3.8, 4) is 27.9 Å². The van der Waals surface area contributed by atoms with Crippen LogP contribution in [-0.2, 0) is 0 Å². The summed E-state index contributed by atoms with van der Waals surface area (Å²) in [6, 6.07) is 73.8. The van der Waals surface area contributed by atoms with Crippen LogP contribution in [0.15, 0.2) is 211 Å². The van der Waals surface area contributed by atoms with Crippen LogP contribution in [0.5, 0.6) is 0 Å². The second kappa shape index (κ2) is 12.6. The zero-order chi connectivity index (χ0) is 36.3. The average Bonchev–Trinajstić information content (AvgIpc) is 3.82. The highest BCUT2D eigenvalue weighted by Gasteiger charge is 2.18. The van der Waals surface area contributed by atoms with Gasteiger partial charge in [-0.25, -0.2) is 0 Å². The maximum atomic E-state index is 6.52. The molecule has 0 aliphatic heterocycles. The van der Waals surface area contributed by atoms with Gasteiger partial charge < -0.3 is 13.9 Å². The van der Waals surface area contributed by atoms with Gasteiger partial charge in [-0.1, -0.05) is 133 Å². The largest absolute Gasteiger partial charge is 0.455 e. The van der Waals surface area contributed by atoms with Gasteiger partial charge in [-0.05, 0) is 100 Å². The van der Waals surface area contributed by atoms with E-state index in [0.717, 1.165) is 61.2 Å². The number of nitrogens with zero attached hydrogens (tertiary/aromatic N) is 2. The lowest BCUT2D eigenvalue weighted by molar-refractivity contribution is 0.673. The summed E-state index contributed by atoms with van der Waals surface area (Å²) >= 11 is 0. The Morgan fingerprint density at radius 1 is 0.364 bits per heavy atom. The van der Waals surface area contributed by atoms with Gasteiger partial charge >= 0.3 is 0 Å². The molecule has 0 aliphatic carbocycles. The molecule has 0 N–H and O–H groups in total. The van der Waals surface area contributed by atoms with Crippen molar-refractivity contribution in [2.45, 2.75) is 0 Å². The van der Waals surface area contributed by atoms with E-state index >= 15 is 0 Å². The Balaban J connectivity index is 1.02. The molecular formula is C52H34N2O. The molecule has 9 aromatic carbocycles. The highest BCUT2D eigenvalue weighted by molar-refractivity contribution is 6.19. The molecule has 2 aromatic heterocycles. The predicted molar refractivity (Wildman–Crippen MR) is 231 cm³/mol. The van der Waals surface area contributed by atoms with Crippen molar-refractivity contribution < 1.29 is 4.42 Å². The minimum Gasteiger partial charge on any atom is -0.455 e. The zero-order valence-electron chi connectivity index (χ0n) is 29.9. The van der Waals surface area contributed by atoms with Crippen LogP contribution in [0.2, 0.25) is 0 Å². The van der Waals surface area contributed by atoms with Crippen LogP contribution in [-0.4, -0.2) is 4.57 Å². The van der Waals surface area contributed by atoms with Crippen LogP contribution >= 0.6 is 0 Å². The van der Waals surface area contributed by atoms with E-state index in [4.69, 9.17) is 4.42 Å². The summed E-state index contributed by atoms with van der Waals surface area (Å²) in [5.41, 5.74) is 13.3. The molecule has 0 fully saturated rings. The molecule has 11 aromatic rings. The quantitative estimate of drug-likeness (QED) is 0.172. The molecule has 0 bridgehead atoms. The van der Waals surface area contributed by atoms with Crippen LogP contribution in [0.3, 0.4) is 0 Å². The van der Waals surface area contributed by atoms with E-state index in [2.05, 4.69) is 216 Å². The van der Waals surface area contributed by atoms with Gasteiger partial charge in [-0.15, -0.1) is 0 Å². The fourth-order valence-corrected chi connectivity index (χ4v) is 8.42. The van der Waals surface area contributed by atoms with Gasteiger partial charge in [-0.3, -0.25) is 0 Å². The van der Waals surface area contributed by atoms with Crippen molar-refractivity contribution in [1.29, 1.82) is 0 Å². The Bertz CT molecular complexity index is 3120. The van der Waals surface area contributed by atoms with Crippen molar-refractivity contribution in [3.05, 3.63) is 206 Å². The Hall–Kier alpha value is -7.36. The minimum absolute atomic E-state index is 0.899. The molecular weight excluding hydrogens is 669 g/mol. The summed E-state index contributed by atoms with van der Waals surface area (Å²) in [7, 11) is 0. The van der Waals surface area contributed by atoms with Crippen LogP contribution in [0.25, 0.3) is 82.5 Å². The van der Waals surface area contributed by atoms with Crippen LogP contribution in [0, 0.1) is 0 Å². The number of benzene rings is 9. The molecule has 0 spiro atoms. The summed E-state index contributed by atoms with van der Waals surface area (Å²) in [6.45, 7) is 0. The number of rotatable bonds is 6. The molecule has 0 atom stereocenters. The lowest BCUT2D eigenvalue weighted by atomic mass is 9.98. The van der Waals surface area contributed by atoms with Crippen LogP contribution in [0.4, 0.5) is 17.1 Å². The van der Waals surface area contributed by atoms with E-state index in [1.807, 2.05) is 0 Å². The molecule has 0 aliphatic rings. The number of aromatic nitrogens is 1. The summed E-state index contributed by atoms with van der Waals surface area (Å²) in [5, 5.41) is 7.11. The molecule has 55 heavy (non-hydrogen) atoms. The van der Waals surface area contributed by atoms with Crippen molar-refractivity contribution in [2.75, 3.05) is 4.90 Å². The third-order valence-electron chi connectivity index (χ3n) is 11.0. The van der Waals surface area contributed by atoms with E-state index in [0.29, 0.717) is 0 Å². The van der Waals surface area contributed by atoms with Gasteiger partial charge in [0.15, 0.2) is 0 Å². The predicted octanol–water partition coefficient (Wildman–Crippen LogP) is 14.6. The third kappa shape index (κ3) is 5.13. The monoisotopic (exact) mass is 702 g/mol. The second-order valence-electron chi connectivity index (χ2n) is 14.1. The van der Waals surface area contributed by atoms with Gasteiger partial charge in [0.05, 0.1) is 11.0 Å². The van der Waals surface area contributed by atoms with Crippen molar-refractivity contribution in [2.24, 2.45) is 0 Å². The standard InChI is InChI=1S/C52H34N2O/c1-2-11-35(12-3-1)36-21-26-39(27-22-36)53(41-30-32-42(33-31-41)54-48-18-8-6-15-45(48)46-16-7-9-19-49(46)54)40-28-23-38(24-29-40)43-17-10-20-50-51(43)47-34-25-37-13-4-5-14-44(37)52(47)55-50/h1-34H. The van der Waals surface area contributed by atoms with E-state index in [9.17, 15) is 0 Å². The Morgan fingerprint density at radius 2 is 0.909 bits per heavy atom. The number of anilines is 3. The first kappa shape index (κ1) is 31.2. The maximum Gasteiger partial charge on any atom is 0.143 e. The molecule has 3 heteroatoms. The number of para-hydroxylation sites is 2. The molecule has 2 heterocycles. The van der Waals surface area contributed by atoms with Gasteiger partial charge in [0.1, 0.15) is 11.2 Å². The summed E-state index contributed by atoms with van der Waals surface area (Å²) in [4.78, 5) is 2.34. The lowest BCUT2D eigenvalue weighted by Gasteiger charge is -2.26. The fourth-order valence-electron chi connectivity index (χ4n) is 8.42. The van der Waals surface area contributed by atoms with E-state index in [1.165, 1.54) is 38.3 Å². The summed E-state index contributed by atoms with van der Waals surface area (Å²) in [5.74, 6) is 0. The Labute approximate surface area is 318 Å². The van der Waals surface area contributed by atoms with Crippen molar-refractivity contribution in [3.63, 3.8) is 0 Å². The van der Waals surface area contributed by atoms with Gasteiger partial charge in [-0.2, -0.15) is 0 Å². The molecule has 3 nitrogen and oxygen atoms in total. The van der Waals surface area contributed by atoms with Gasteiger partial charge in [0.25, 0.3) is 0 Å². The lowest BCUT2D eigenvalue weighted by Crippen LogP contribution is -2.10. The number of hydrogen-bond acceptors (Lipinski definition) is 2. The van der Waals surface area contributed by atoms with Crippen LogP contribution in [0.1, 0.15) is 0 Å². The zero-order valence-corrected chi connectivity index (χ0v) is 29.9. The first-order valence-corrected chi connectivity index (χ1v) is 18.8. The Kier molecular flexibility index (Phi) is 7.17. The first-order valence-electron chi connectivity index (χ1n) is 18.8. The fraction of sp³-hybridized carbons (Fsp3) is 0. The topological polar surface area (TPSA) is 21.3 Å². The number of furan rings is 1. The molecule has 0 saturated carbocycles. The second-order valence-corrected chi connectivity index (χ2v) is 14.1. The summed E-state index contributed by atoms with van der Waals surface area (Å²) < 4.78 is 8.89. The van der Waals surface area contributed by atoms with E-state index in [1.54, 1.807) is 0 Å². The SMILES string of the molecule is c1ccc(-c2ccc(N(c3ccc(-c4cccc5oc6c7ccccc7ccc6c45)cc3)c3ccc(-n4c5ccccc5c5ccccc54)cc3)cc2)cc1. The van der Waals surface area contributed by atoms with Crippen LogP contribution < -0.4 is 4.90 Å². The van der Waals surface area contributed by atoms with Gasteiger partial charge in [0.2, 0.25) is 0 Å². The highest BCUT2D eigenvalue weighted by atomic mass is 16.3. The number of fused-ring (bicyclic) bond motifs is 8. The van der Waals surface area contributed by atoms with Crippen molar-refractivity contribution in [1.82, 2.24) is 4.57 Å². The maximum absolute atomic E-state index is 6.52. The molecule has 11 rings (SSSR count). The van der Waals surface area contributed by atoms with E-state index < -0.39 is 0 Å². The molecule has 258 valence electrons. The normalized spacial score (nSPS) is 11.6. The average molecular weight is 703 g/mol. The highest BCUT2D eigenvalue weighted by Crippen LogP contribution is 2.42. The number of hydrogen-bond donors (Lipinski definition) is 0. The third-order valence-corrected chi connectivity index (χ3v) is 11.0. The first-order chi connectivity index (χ1) is 27.3.